The molecule has 6 rings (SSSR count). The van der Waals surface area contributed by atoms with Crippen molar-refractivity contribution >= 4 is 11.8 Å². The molecule has 2 aromatic carbocycles. The van der Waals surface area contributed by atoms with Gasteiger partial charge in [0.1, 0.15) is 0 Å². The van der Waals surface area contributed by atoms with Crippen molar-refractivity contribution in [2.45, 2.75) is 85.0 Å². The first-order valence-corrected chi connectivity index (χ1v) is 15.7. The molecule has 8 unspecified atom stereocenters. The number of carbonyl (C=O) groups excluding carboxylic acids is 1. The lowest BCUT2D eigenvalue weighted by Gasteiger charge is -2.61. The third-order valence-corrected chi connectivity index (χ3v) is 12.0. The predicted molar refractivity (Wildman–Crippen MR) is 162 cm³/mol. The first kappa shape index (κ1) is 28.8. The van der Waals surface area contributed by atoms with Gasteiger partial charge in [0, 0.05) is 12.0 Å². The lowest BCUT2D eigenvalue weighted by Crippen LogP contribution is -2.53. The van der Waals surface area contributed by atoms with Gasteiger partial charge in [0.15, 0.2) is 5.78 Å². The topological polar surface area (TPSA) is 54.4 Å². The SMILES string of the molecule is C=C(C)C1CCC2C3CCC4CC(CC(=O)c5ccccc5)CCC4(C)C3CCC12C.O=C(O)c1ccccc1. The highest BCUT2D eigenvalue weighted by Gasteiger charge is 2.60. The van der Waals surface area contributed by atoms with E-state index >= 15 is 0 Å². The first-order valence-electron chi connectivity index (χ1n) is 15.7. The van der Waals surface area contributed by atoms with E-state index in [2.05, 4.69) is 27.4 Å². The smallest absolute Gasteiger partial charge is 0.335 e. The Morgan fingerprint density at radius 1 is 0.800 bits per heavy atom. The molecule has 2 aromatic rings. The van der Waals surface area contributed by atoms with E-state index < -0.39 is 5.97 Å². The summed E-state index contributed by atoms with van der Waals surface area (Å²) in [6.07, 6.45) is 13.1. The molecular formula is C37H48O3. The van der Waals surface area contributed by atoms with Gasteiger partial charge in [-0.1, -0.05) is 74.5 Å². The highest BCUT2D eigenvalue weighted by Crippen LogP contribution is 2.68. The molecule has 4 saturated carbocycles. The van der Waals surface area contributed by atoms with Crippen molar-refractivity contribution in [1.29, 1.82) is 0 Å². The zero-order valence-electron chi connectivity index (χ0n) is 24.8. The maximum atomic E-state index is 12.8. The maximum Gasteiger partial charge on any atom is 0.335 e. The second-order valence-corrected chi connectivity index (χ2v) is 14.0. The number of aromatic carboxylic acids is 1. The minimum atomic E-state index is -0.879. The van der Waals surface area contributed by atoms with Gasteiger partial charge in [0.05, 0.1) is 5.56 Å². The molecule has 4 fully saturated rings. The first-order chi connectivity index (χ1) is 19.1. The van der Waals surface area contributed by atoms with Gasteiger partial charge in [-0.15, -0.1) is 0 Å². The van der Waals surface area contributed by atoms with Crippen LogP contribution in [0.2, 0.25) is 0 Å². The molecule has 3 heteroatoms. The van der Waals surface area contributed by atoms with E-state index in [1.54, 1.807) is 30.3 Å². The van der Waals surface area contributed by atoms with Crippen molar-refractivity contribution in [3.63, 3.8) is 0 Å². The number of Topliss-reactive ketones (excluding diaryl/α,β-unsaturated/α-hetero) is 1. The van der Waals surface area contributed by atoms with Gasteiger partial charge >= 0.3 is 5.97 Å². The monoisotopic (exact) mass is 540 g/mol. The number of ketones is 1. The Hall–Kier alpha value is -2.68. The molecule has 8 atom stereocenters. The van der Waals surface area contributed by atoms with Gasteiger partial charge < -0.3 is 5.11 Å². The van der Waals surface area contributed by atoms with Crippen molar-refractivity contribution in [2.24, 2.45) is 46.3 Å². The van der Waals surface area contributed by atoms with E-state index in [0.29, 0.717) is 28.1 Å². The van der Waals surface area contributed by atoms with Crippen LogP contribution in [0.5, 0.6) is 0 Å². The Bertz CT molecular complexity index is 1200. The van der Waals surface area contributed by atoms with Crippen LogP contribution in [-0.2, 0) is 0 Å². The molecule has 4 aliphatic carbocycles. The highest BCUT2D eigenvalue weighted by atomic mass is 16.4. The summed E-state index contributed by atoms with van der Waals surface area (Å²) < 4.78 is 0. The average molecular weight is 541 g/mol. The van der Waals surface area contributed by atoms with Gasteiger partial charge in [-0.05, 0) is 123 Å². The van der Waals surface area contributed by atoms with Crippen LogP contribution in [0.25, 0.3) is 0 Å². The van der Waals surface area contributed by atoms with Crippen molar-refractivity contribution in [3.05, 3.63) is 83.9 Å². The minimum Gasteiger partial charge on any atom is -0.478 e. The number of allylic oxidation sites excluding steroid dienone is 1. The molecule has 4 aliphatic rings. The number of carboxylic acids is 1. The largest absolute Gasteiger partial charge is 0.478 e. The fourth-order valence-corrected chi connectivity index (χ4v) is 9.93. The average Bonchev–Trinajstić information content (AvgIpc) is 3.32. The fraction of sp³-hybridized carbons (Fsp3) is 0.568. The predicted octanol–water partition coefficient (Wildman–Crippen LogP) is 9.50. The molecule has 0 aliphatic heterocycles. The number of rotatable bonds is 5. The molecular weight excluding hydrogens is 492 g/mol. The Morgan fingerprint density at radius 3 is 2.00 bits per heavy atom. The molecule has 0 bridgehead atoms. The van der Waals surface area contributed by atoms with Crippen molar-refractivity contribution in [2.75, 3.05) is 0 Å². The van der Waals surface area contributed by atoms with Gasteiger partial charge in [0.25, 0.3) is 0 Å². The summed E-state index contributed by atoms with van der Waals surface area (Å²) in [6.45, 7) is 11.9. The third-order valence-electron chi connectivity index (χ3n) is 12.0. The van der Waals surface area contributed by atoms with E-state index in [1.807, 2.05) is 30.3 Å². The van der Waals surface area contributed by atoms with Gasteiger partial charge in [-0.3, -0.25) is 4.79 Å². The summed E-state index contributed by atoms with van der Waals surface area (Å²) >= 11 is 0. The fourth-order valence-electron chi connectivity index (χ4n) is 9.93. The van der Waals surface area contributed by atoms with Crippen LogP contribution in [0.4, 0.5) is 0 Å². The quantitative estimate of drug-likeness (QED) is 0.303. The molecule has 0 amide bonds. The number of fused-ring (bicyclic) bond motifs is 5. The molecule has 0 spiro atoms. The van der Waals surface area contributed by atoms with Crippen molar-refractivity contribution < 1.29 is 14.7 Å². The van der Waals surface area contributed by atoms with Crippen LogP contribution < -0.4 is 0 Å². The minimum absolute atomic E-state index is 0.331. The van der Waals surface area contributed by atoms with E-state index in [-0.39, 0.29) is 0 Å². The summed E-state index contributed by atoms with van der Waals surface area (Å²) in [6, 6.07) is 18.2. The van der Waals surface area contributed by atoms with E-state index in [1.165, 1.54) is 63.4 Å². The van der Waals surface area contributed by atoms with Gasteiger partial charge in [-0.2, -0.15) is 0 Å². The zero-order chi connectivity index (χ0) is 28.5. The van der Waals surface area contributed by atoms with Gasteiger partial charge in [-0.25, -0.2) is 4.79 Å². The van der Waals surface area contributed by atoms with Crippen LogP contribution in [0.3, 0.4) is 0 Å². The van der Waals surface area contributed by atoms with Crippen molar-refractivity contribution in [3.8, 4) is 0 Å². The Balaban J connectivity index is 0.000000306. The normalized spacial score (nSPS) is 36.2. The molecule has 40 heavy (non-hydrogen) atoms. The number of carbonyl (C=O) groups is 2. The molecule has 3 nitrogen and oxygen atoms in total. The molecule has 214 valence electrons. The molecule has 0 radical (unpaired) electrons. The third kappa shape index (κ3) is 5.46. The Labute approximate surface area is 241 Å². The van der Waals surface area contributed by atoms with Crippen LogP contribution in [-0.4, -0.2) is 16.9 Å². The van der Waals surface area contributed by atoms with Crippen LogP contribution in [0.1, 0.15) is 106 Å². The highest BCUT2D eigenvalue weighted by molar-refractivity contribution is 5.96. The van der Waals surface area contributed by atoms with E-state index in [4.69, 9.17) is 5.11 Å². The van der Waals surface area contributed by atoms with Crippen molar-refractivity contribution in [1.82, 2.24) is 0 Å². The number of hydrogen-bond donors (Lipinski definition) is 1. The lowest BCUT2D eigenvalue weighted by molar-refractivity contribution is -0.115. The van der Waals surface area contributed by atoms with E-state index in [9.17, 15) is 9.59 Å². The molecule has 1 N–H and O–H groups in total. The molecule has 0 aromatic heterocycles. The van der Waals surface area contributed by atoms with E-state index in [0.717, 1.165) is 41.6 Å². The summed E-state index contributed by atoms with van der Waals surface area (Å²) in [4.78, 5) is 23.0. The second-order valence-electron chi connectivity index (χ2n) is 14.0. The van der Waals surface area contributed by atoms with Crippen LogP contribution in [0.15, 0.2) is 72.8 Å². The lowest BCUT2D eigenvalue weighted by atomic mass is 9.44. The zero-order valence-corrected chi connectivity index (χ0v) is 24.8. The maximum absolute atomic E-state index is 12.8. The number of hydrogen-bond acceptors (Lipinski definition) is 2. The Morgan fingerprint density at radius 2 is 1.40 bits per heavy atom. The number of benzene rings is 2. The van der Waals surface area contributed by atoms with Gasteiger partial charge in [0.2, 0.25) is 0 Å². The number of carboxylic acid groups (broad SMARTS) is 1. The molecule has 0 saturated heterocycles. The standard InChI is InChI=1S/C30H42O.C7H6O2/c1-20(2)25-12-13-26-24-11-10-23-18-21(19-28(31)22-8-6-5-7-9-22)14-16-29(23,3)27(24)15-17-30(25,26)4;8-7(9)6-4-2-1-3-5-6/h5-9,21,23-27H,1,10-19H2,2-4H3;1-5H,(H,8,9). The Kier molecular flexibility index (Phi) is 8.41. The summed E-state index contributed by atoms with van der Waals surface area (Å²) in [5.41, 5.74) is 3.69. The second kappa shape index (κ2) is 11.7. The summed E-state index contributed by atoms with van der Waals surface area (Å²) in [5.74, 6) is 4.43. The van der Waals surface area contributed by atoms with Crippen LogP contribution >= 0.6 is 0 Å². The molecule has 0 heterocycles. The summed E-state index contributed by atoms with van der Waals surface area (Å²) in [7, 11) is 0. The summed E-state index contributed by atoms with van der Waals surface area (Å²) in [5, 5.41) is 8.38. The van der Waals surface area contributed by atoms with Crippen LogP contribution in [0, 0.1) is 46.3 Å².